The lowest BCUT2D eigenvalue weighted by atomic mass is 10.0. The number of hydrogen-bond donors (Lipinski definition) is 2. The van der Waals surface area contributed by atoms with Crippen LogP contribution in [0.2, 0.25) is 5.02 Å². The summed E-state index contributed by atoms with van der Waals surface area (Å²) in [6, 6.07) is 21.5. The molecule has 3 aromatic rings. The summed E-state index contributed by atoms with van der Waals surface area (Å²) in [4.78, 5) is 13.8. The maximum Gasteiger partial charge on any atom is 0.282 e. The Balaban J connectivity index is 1.74. The average molecular weight is 372 g/mol. The van der Waals surface area contributed by atoms with Crippen molar-refractivity contribution in [3.8, 4) is 0 Å². The van der Waals surface area contributed by atoms with Crippen molar-refractivity contribution in [3.05, 3.63) is 87.6 Å². The van der Waals surface area contributed by atoms with E-state index in [9.17, 15) is 4.79 Å². The number of anilines is 1. The number of halogens is 1. The van der Waals surface area contributed by atoms with Crippen molar-refractivity contribution in [2.45, 2.75) is 19.0 Å². The van der Waals surface area contributed by atoms with E-state index in [1.54, 1.807) is 23.5 Å². The Kier molecular flexibility index (Phi) is 5.87. The summed E-state index contributed by atoms with van der Waals surface area (Å²) in [5, 5.41) is 7.70. The van der Waals surface area contributed by atoms with Gasteiger partial charge in [0.1, 0.15) is 6.04 Å². The topological polar surface area (TPSA) is 45.7 Å². The minimum absolute atomic E-state index is 0.0419. The van der Waals surface area contributed by atoms with Crippen LogP contribution in [-0.4, -0.2) is 11.9 Å². The SMILES string of the molecule is C[C@H]([NH2+][C@@H](c1ccccc1)c1cccs1)C(=O)Nc1cccc(Cl)c1. The van der Waals surface area contributed by atoms with E-state index in [1.165, 1.54) is 10.4 Å². The molecule has 1 aromatic heterocycles. The molecule has 0 aliphatic carbocycles. The molecule has 0 saturated carbocycles. The quantitative estimate of drug-likeness (QED) is 0.673. The zero-order valence-corrected chi connectivity index (χ0v) is 15.4. The van der Waals surface area contributed by atoms with E-state index in [1.807, 2.05) is 43.3 Å². The van der Waals surface area contributed by atoms with Crippen LogP contribution in [0.15, 0.2) is 72.1 Å². The molecule has 2 aromatic carbocycles. The molecule has 0 unspecified atom stereocenters. The highest BCUT2D eigenvalue weighted by atomic mass is 35.5. The van der Waals surface area contributed by atoms with Gasteiger partial charge in [-0.05, 0) is 36.6 Å². The van der Waals surface area contributed by atoms with Gasteiger partial charge in [0.2, 0.25) is 0 Å². The third-order valence-corrected chi connectivity index (χ3v) is 5.19. The summed E-state index contributed by atoms with van der Waals surface area (Å²) >= 11 is 7.69. The average Bonchev–Trinajstić information content (AvgIpc) is 3.14. The monoisotopic (exact) mass is 371 g/mol. The van der Waals surface area contributed by atoms with E-state index < -0.39 is 0 Å². The van der Waals surface area contributed by atoms with Gasteiger partial charge in [-0.1, -0.05) is 54.1 Å². The fraction of sp³-hybridized carbons (Fsp3) is 0.150. The fourth-order valence-corrected chi connectivity index (χ4v) is 3.72. The van der Waals surface area contributed by atoms with Gasteiger partial charge in [-0.3, -0.25) is 4.79 Å². The third kappa shape index (κ3) is 4.69. The van der Waals surface area contributed by atoms with E-state index in [2.05, 4.69) is 34.2 Å². The van der Waals surface area contributed by atoms with E-state index in [0.29, 0.717) is 10.7 Å². The van der Waals surface area contributed by atoms with Crippen molar-refractivity contribution in [3.63, 3.8) is 0 Å². The number of nitrogens with two attached hydrogens (primary N) is 1. The molecule has 5 heteroatoms. The van der Waals surface area contributed by atoms with Crippen LogP contribution in [0.3, 0.4) is 0 Å². The number of nitrogens with one attached hydrogen (secondary N) is 1. The van der Waals surface area contributed by atoms with Gasteiger partial charge in [0.25, 0.3) is 5.91 Å². The van der Waals surface area contributed by atoms with Crippen LogP contribution < -0.4 is 10.6 Å². The van der Waals surface area contributed by atoms with Crippen LogP contribution >= 0.6 is 22.9 Å². The maximum absolute atomic E-state index is 12.6. The molecule has 0 saturated heterocycles. The molecule has 0 fully saturated rings. The Hall–Kier alpha value is -2.14. The predicted molar refractivity (Wildman–Crippen MR) is 104 cm³/mol. The molecule has 3 N–H and O–H groups in total. The lowest BCUT2D eigenvalue weighted by Crippen LogP contribution is -2.92. The van der Waals surface area contributed by atoms with Crippen molar-refractivity contribution in [2.75, 3.05) is 5.32 Å². The minimum atomic E-state index is -0.244. The highest BCUT2D eigenvalue weighted by Crippen LogP contribution is 2.22. The van der Waals surface area contributed by atoms with E-state index >= 15 is 0 Å². The number of quaternary nitrogens is 1. The predicted octanol–water partition coefficient (Wildman–Crippen LogP) is 4.08. The summed E-state index contributed by atoms with van der Waals surface area (Å²) in [5.74, 6) is -0.0419. The third-order valence-electron chi connectivity index (χ3n) is 4.00. The first kappa shape index (κ1) is 17.7. The van der Waals surface area contributed by atoms with Crippen LogP contribution in [0.1, 0.15) is 23.4 Å². The first-order valence-electron chi connectivity index (χ1n) is 8.13. The fourth-order valence-electron chi connectivity index (χ4n) is 2.70. The van der Waals surface area contributed by atoms with E-state index in [-0.39, 0.29) is 18.0 Å². The largest absolute Gasteiger partial charge is 0.326 e. The summed E-state index contributed by atoms with van der Waals surface area (Å²) in [7, 11) is 0. The molecule has 0 aliphatic heterocycles. The van der Waals surface area contributed by atoms with Crippen LogP contribution in [0.4, 0.5) is 5.69 Å². The van der Waals surface area contributed by atoms with Crippen LogP contribution in [-0.2, 0) is 4.79 Å². The van der Waals surface area contributed by atoms with Crippen LogP contribution in [0, 0.1) is 0 Å². The van der Waals surface area contributed by atoms with Crippen molar-refractivity contribution in [1.82, 2.24) is 0 Å². The molecule has 25 heavy (non-hydrogen) atoms. The molecule has 3 rings (SSSR count). The van der Waals surface area contributed by atoms with Crippen molar-refractivity contribution in [2.24, 2.45) is 0 Å². The van der Waals surface area contributed by atoms with Gasteiger partial charge < -0.3 is 10.6 Å². The molecular formula is C20H20ClN2OS+. The Morgan fingerprint density at radius 2 is 1.88 bits per heavy atom. The molecule has 2 atom stereocenters. The molecular weight excluding hydrogens is 352 g/mol. The summed E-state index contributed by atoms with van der Waals surface area (Å²) < 4.78 is 0. The van der Waals surface area contributed by atoms with Crippen LogP contribution in [0.5, 0.6) is 0 Å². The number of rotatable bonds is 6. The lowest BCUT2D eigenvalue weighted by Gasteiger charge is -2.19. The Morgan fingerprint density at radius 1 is 1.08 bits per heavy atom. The lowest BCUT2D eigenvalue weighted by molar-refractivity contribution is -0.703. The van der Waals surface area contributed by atoms with E-state index in [4.69, 9.17) is 11.6 Å². The van der Waals surface area contributed by atoms with Crippen molar-refractivity contribution >= 4 is 34.5 Å². The second-order valence-corrected chi connectivity index (χ2v) is 7.30. The molecule has 128 valence electrons. The van der Waals surface area contributed by atoms with E-state index in [0.717, 1.165) is 0 Å². The van der Waals surface area contributed by atoms with Crippen molar-refractivity contribution in [1.29, 1.82) is 0 Å². The zero-order chi connectivity index (χ0) is 17.6. The summed E-state index contributed by atoms with van der Waals surface area (Å²) in [5.41, 5.74) is 1.90. The molecule has 1 amide bonds. The molecule has 0 bridgehead atoms. The number of hydrogen-bond acceptors (Lipinski definition) is 2. The maximum atomic E-state index is 12.6. The molecule has 3 nitrogen and oxygen atoms in total. The summed E-state index contributed by atoms with van der Waals surface area (Å²) in [6.45, 7) is 1.92. The normalized spacial score (nSPS) is 13.2. The smallest absolute Gasteiger partial charge is 0.282 e. The molecule has 0 aliphatic rings. The molecule has 0 radical (unpaired) electrons. The standard InChI is InChI=1S/C20H19ClN2OS/c1-14(20(24)23-17-10-5-9-16(21)13-17)22-19(18-11-6-12-25-18)15-7-3-2-4-8-15/h2-14,19,22H,1H3,(H,23,24)/p+1/t14-,19-/m0/s1. The highest BCUT2D eigenvalue weighted by Gasteiger charge is 2.25. The molecule has 0 spiro atoms. The van der Waals surface area contributed by atoms with Gasteiger partial charge in [-0.2, -0.15) is 0 Å². The number of carbonyl (C=O) groups excluding carboxylic acids is 1. The number of carbonyl (C=O) groups is 1. The van der Waals surface area contributed by atoms with Crippen molar-refractivity contribution < 1.29 is 10.1 Å². The Bertz CT molecular complexity index is 821. The van der Waals surface area contributed by atoms with Crippen LogP contribution in [0.25, 0.3) is 0 Å². The first-order valence-corrected chi connectivity index (χ1v) is 9.39. The molecule has 1 heterocycles. The minimum Gasteiger partial charge on any atom is -0.326 e. The Labute approximate surface area is 156 Å². The number of benzene rings is 2. The number of amides is 1. The number of thiophene rings is 1. The Morgan fingerprint density at radius 3 is 2.56 bits per heavy atom. The second-order valence-electron chi connectivity index (χ2n) is 5.88. The van der Waals surface area contributed by atoms with Gasteiger partial charge in [0.05, 0.1) is 4.88 Å². The zero-order valence-electron chi connectivity index (χ0n) is 13.9. The van der Waals surface area contributed by atoms with Gasteiger partial charge in [0.15, 0.2) is 6.04 Å². The second kappa shape index (κ2) is 8.30. The summed E-state index contributed by atoms with van der Waals surface area (Å²) in [6.07, 6.45) is 0. The highest BCUT2D eigenvalue weighted by molar-refractivity contribution is 7.10. The first-order chi connectivity index (χ1) is 12.1. The van der Waals surface area contributed by atoms with Gasteiger partial charge in [-0.15, -0.1) is 11.3 Å². The van der Waals surface area contributed by atoms with Gasteiger partial charge >= 0.3 is 0 Å². The van der Waals surface area contributed by atoms with Gasteiger partial charge in [-0.25, -0.2) is 0 Å². The van der Waals surface area contributed by atoms with Gasteiger partial charge in [0, 0.05) is 16.3 Å².